The predicted molar refractivity (Wildman–Crippen MR) is 123 cm³/mol. The minimum atomic E-state index is -0.400. The number of para-hydroxylation sites is 1. The maximum Gasteiger partial charge on any atom is 0.293 e. The minimum absolute atomic E-state index is 0.180. The van der Waals surface area contributed by atoms with Crippen LogP contribution in [0, 0.1) is 6.92 Å². The first kappa shape index (κ1) is 23.4. The molecule has 1 aliphatic rings. The molecule has 0 radical (unpaired) electrons. The SMILES string of the molecule is COCCN1C(=O)S/C(=C/c2cccc(OC)c2OCC(=O)Nc2ccc(C)cc2)C1=O. The van der Waals surface area contributed by atoms with Crippen molar-refractivity contribution < 1.29 is 28.6 Å². The van der Waals surface area contributed by atoms with E-state index in [1.54, 1.807) is 36.4 Å². The number of ether oxygens (including phenoxy) is 3. The third-order valence-corrected chi connectivity index (χ3v) is 5.50. The molecule has 1 saturated heterocycles. The van der Waals surface area contributed by atoms with Crippen LogP contribution in [-0.2, 0) is 14.3 Å². The van der Waals surface area contributed by atoms with E-state index < -0.39 is 5.91 Å². The van der Waals surface area contributed by atoms with Gasteiger partial charge in [0.25, 0.3) is 17.1 Å². The van der Waals surface area contributed by atoms with Gasteiger partial charge in [0.2, 0.25) is 0 Å². The standard InChI is InChI=1S/C23H24N2O6S/c1-15-7-9-17(10-8-15)24-20(26)14-31-21-16(5-4-6-18(21)30-3)13-19-22(27)25(11-12-29-2)23(28)32-19/h4-10,13H,11-12,14H2,1-3H3,(H,24,26)/b19-13+. The monoisotopic (exact) mass is 456 g/mol. The zero-order valence-electron chi connectivity index (χ0n) is 18.0. The molecule has 1 fully saturated rings. The molecule has 0 aliphatic carbocycles. The van der Waals surface area contributed by atoms with Crippen LogP contribution in [0.25, 0.3) is 6.08 Å². The van der Waals surface area contributed by atoms with Gasteiger partial charge in [-0.15, -0.1) is 0 Å². The number of methoxy groups -OCH3 is 2. The molecule has 2 aromatic carbocycles. The van der Waals surface area contributed by atoms with Gasteiger partial charge < -0.3 is 19.5 Å². The molecule has 0 unspecified atom stereocenters. The summed E-state index contributed by atoms with van der Waals surface area (Å²) in [6.45, 7) is 2.14. The molecule has 0 bridgehead atoms. The number of amides is 3. The van der Waals surface area contributed by atoms with Crippen LogP contribution in [0.3, 0.4) is 0 Å². The number of imide groups is 1. The first-order chi connectivity index (χ1) is 15.4. The number of nitrogens with zero attached hydrogens (tertiary/aromatic N) is 1. The number of hydrogen-bond donors (Lipinski definition) is 1. The fourth-order valence-corrected chi connectivity index (χ4v) is 3.81. The van der Waals surface area contributed by atoms with E-state index in [1.165, 1.54) is 14.2 Å². The van der Waals surface area contributed by atoms with Crippen molar-refractivity contribution in [3.05, 3.63) is 58.5 Å². The van der Waals surface area contributed by atoms with Crippen molar-refractivity contribution in [3.63, 3.8) is 0 Å². The molecule has 0 saturated carbocycles. The summed E-state index contributed by atoms with van der Waals surface area (Å²) in [6, 6.07) is 12.6. The Labute approximate surface area is 190 Å². The quantitative estimate of drug-likeness (QED) is 0.575. The molecular weight excluding hydrogens is 432 g/mol. The van der Waals surface area contributed by atoms with Crippen LogP contribution in [0.5, 0.6) is 11.5 Å². The van der Waals surface area contributed by atoms with Gasteiger partial charge in [0.15, 0.2) is 18.1 Å². The van der Waals surface area contributed by atoms with E-state index in [4.69, 9.17) is 14.2 Å². The lowest BCUT2D eigenvalue weighted by molar-refractivity contribution is -0.123. The fraction of sp³-hybridized carbons (Fsp3) is 0.261. The van der Waals surface area contributed by atoms with Gasteiger partial charge in [0.1, 0.15) is 0 Å². The van der Waals surface area contributed by atoms with Crippen LogP contribution in [0.1, 0.15) is 11.1 Å². The summed E-state index contributed by atoms with van der Waals surface area (Å²) in [5.74, 6) is -0.0354. The second-order valence-corrected chi connectivity index (χ2v) is 7.90. The van der Waals surface area contributed by atoms with Crippen molar-refractivity contribution in [2.75, 3.05) is 39.3 Å². The van der Waals surface area contributed by atoms with Crippen LogP contribution < -0.4 is 14.8 Å². The summed E-state index contributed by atoms with van der Waals surface area (Å²) in [4.78, 5) is 38.5. The van der Waals surface area contributed by atoms with Crippen LogP contribution in [-0.4, -0.2) is 55.9 Å². The van der Waals surface area contributed by atoms with Crippen LogP contribution >= 0.6 is 11.8 Å². The normalized spacial score (nSPS) is 14.7. The Bertz CT molecular complexity index is 1040. The van der Waals surface area contributed by atoms with E-state index >= 15 is 0 Å². The number of carbonyl (C=O) groups is 3. The molecule has 3 rings (SSSR count). The maximum absolute atomic E-state index is 12.6. The average Bonchev–Trinajstić information content (AvgIpc) is 3.05. The molecule has 1 heterocycles. The molecule has 8 nitrogen and oxygen atoms in total. The highest BCUT2D eigenvalue weighted by Crippen LogP contribution is 2.37. The zero-order chi connectivity index (χ0) is 23.1. The van der Waals surface area contributed by atoms with Gasteiger partial charge in [0, 0.05) is 18.4 Å². The second-order valence-electron chi connectivity index (χ2n) is 6.91. The van der Waals surface area contributed by atoms with Crippen molar-refractivity contribution in [2.45, 2.75) is 6.92 Å². The summed E-state index contributed by atoms with van der Waals surface area (Å²) in [6.07, 6.45) is 1.56. The van der Waals surface area contributed by atoms with Gasteiger partial charge in [-0.1, -0.05) is 29.8 Å². The van der Waals surface area contributed by atoms with Crippen molar-refractivity contribution in [1.29, 1.82) is 0 Å². The first-order valence-electron chi connectivity index (χ1n) is 9.83. The second kappa shape index (κ2) is 10.8. The summed E-state index contributed by atoms with van der Waals surface area (Å²) >= 11 is 0.844. The van der Waals surface area contributed by atoms with Gasteiger partial charge in [-0.2, -0.15) is 0 Å². The number of hydrogen-bond acceptors (Lipinski definition) is 7. The molecule has 2 aromatic rings. The Morgan fingerprint density at radius 1 is 1.12 bits per heavy atom. The van der Waals surface area contributed by atoms with Crippen LogP contribution in [0.2, 0.25) is 0 Å². The zero-order valence-corrected chi connectivity index (χ0v) is 18.9. The van der Waals surface area contributed by atoms with E-state index in [-0.39, 0.29) is 35.8 Å². The van der Waals surface area contributed by atoms with Crippen LogP contribution in [0.4, 0.5) is 10.5 Å². The van der Waals surface area contributed by atoms with Gasteiger partial charge >= 0.3 is 0 Å². The molecule has 1 N–H and O–H groups in total. The Kier molecular flexibility index (Phi) is 7.91. The van der Waals surface area contributed by atoms with Crippen molar-refractivity contribution in [1.82, 2.24) is 4.90 Å². The Balaban J connectivity index is 1.76. The van der Waals surface area contributed by atoms with E-state index in [1.807, 2.05) is 19.1 Å². The molecule has 0 aromatic heterocycles. The Hall–Kier alpha value is -3.30. The third-order valence-electron chi connectivity index (χ3n) is 4.59. The van der Waals surface area contributed by atoms with E-state index in [0.29, 0.717) is 22.7 Å². The van der Waals surface area contributed by atoms with Gasteiger partial charge in [-0.05, 0) is 43.0 Å². The number of carbonyl (C=O) groups excluding carboxylic acids is 3. The average molecular weight is 457 g/mol. The van der Waals surface area contributed by atoms with E-state index in [9.17, 15) is 14.4 Å². The summed E-state index contributed by atoms with van der Waals surface area (Å²) in [7, 11) is 2.99. The number of rotatable bonds is 9. The number of benzene rings is 2. The minimum Gasteiger partial charge on any atom is -0.493 e. The molecule has 1 aliphatic heterocycles. The maximum atomic E-state index is 12.6. The first-order valence-corrected chi connectivity index (χ1v) is 10.6. The van der Waals surface area contributed by atoms with Gasteiger partial charge in [0.05, 0.1) is 25.2 Å². The Morgan fingerprint density at radius 3 is 2.56 bits per heavy atom. The summed E-state index contributed by atoms with van der Waals surface area (Å²) in [5.41, 5.74) is 2.27. The number of aryl methyl sites for hydroxylation is 1. The predicted octanol–water partition coefficient (Wildman–Crippen LogP) is 3.70. The van der Waals surface area contributed by atoms with Crippen molar-refractivity contribution in [2.24, 2.45) is 0 Å². The molecule has 32 heavy (non-hydrogen) atoms. The highest BCUT2D eigenvalue weighted by molar-refractivity contribution is 8.18. The lowest BCUT2D eigenvalue weighted by Crippen LogP contribution is -2.31. The number of nitrogens with one attached hydrogen (secondary N) is 1. The van der Waals surface area contributed by atoms with Gasteiger partial charge in [-0.3, -0.25) is 19.3 Å². The molecular formula is C23H24N2O6S. The molecule has 0 atom stereocenters. The lowest BCUT2D eigenvalue weighted by Gasteiger charge is -2.14. The smallest absolute Gasteiger partial charge is 0.293 e. The van der Waals surface area contributed by atoms with Crippen molar-refractivity contribution >= 4 is 40.6 Å². The third kappa shape index (κ3) is 5.68. The van der Waals surface area contributed by atoms with E-state index in [2.05, 4.69) is 5.32 Å². The topological polar surface area (TPSA) is 94.2 Å². The summed E-state index contributed by atoms with van der Waals surface area (Å²) < 4.78 is 16.1. The molecule has 0 spiro atoms. The van der Waals surface area contributed by atoms with Crippen LogP contribution in [0.15, 0.2) is 47.4 Å². The Morgan fingerprint density at radius 2 is 1.88 bits per heavy atom. The number of thioether (sulfide) groups is 1. The summed E-state index contributed by atoms with van der Waals surface area (Å²) in [5, 5.41) is 2.41. The van der Waals surface area contributed by atoms with E-state index in [0.717, 1.165) is 22.2 Å². The molecule has 168 valence electrons. The largest absolute Gasteiger partial charge is 0.493 e. The lowest BCUT2D eigenvalue weighted by atomic mass is 10.1. The highest BCUT2D eigenvalue weighted by Gasteiger charge is 2.35. The highest BCUT2D eigenvalue weighted by atomic mass is 32.2. The van der Waals surface area contributed by atoms with Crippen molar-refractivity contribution in [3.8, 4) is 11.5 Å². The fourth-order valence-electron chi connectivity index (χ4n) is 2.95. The van der Waals surface area contributed by atoms with Gasteiger partial charge in [-0.25, -0.2) is 0 Å². The molecule has 9 heteroatoms. The molecule has 3 amide bonds. The number of anilines is 1.